The summed E-state index contributed by atoms with van der Waals surface area (Å²) < 4.78 is 5.09. The van der Waals surface area contributed by atoms with E-state index in [9.17, 15) is 5.26 Å². The van der Waals surface area contributed by atoms with Crippen LogP contribution in [0.15, 0.2) is 29.4 Å². The Bertz CT molecular complexity index is 565. The van der Waals surface area contributed by atoms with Crippen LogP contribution in [0.2, 0.25) is 0 Å². The maximum Gasteiger partial charge on any atom is 0.202 e. The molecule has 6 nitrogen and oxygen atoms in total. The number of nitrogens with one attached hydrogen (secondary N) is 2. The number of rotatable bonds is 4. The fourth-order valence-corrected chi connectivity index (χ4v) is 2.36. The first kappa shape index (κ1) is 15.8. The van der Waals surface area contributed by atoms with Gasteiger partial charge in [0, 0.05) is 13.1 Å². The van der Waals surface area contributed by atoms with Crippen LogP contribution in [0, 0.1) is 16.7 Å². The summed E-state index contributed by atoms with van der Waals surface area (Å²) in [5.74, 6) is 0.956. The number of anilines is 1. The summed E-state index contributed by atoms with van der Waals surface area (Å²) in [5.41, 5.74) is 3.68. The molecule has 0 aliphatic carbocycles. The van der Waals surface area contributed by atoms with Gasteiger partial charge in [-0.3, -0.25) is 10.8 Å². The molecule has 0 amide bonds. The minimum absolute atomic E-state index is 0.109. The third kappa shape index (κ3) is 4.22. The molecule has 0 bridgehead atoms. The zero-order chi connectivity index (χ0) is 15.8. The van der Waals surface area contributed by atoms with Gasteiger partial charge in [0.25, 0.3) is 0 Å². The second-order valence-electron chi connectivity index (χ2n) is 5.16. The van der Waals surface area contributed by atoms with Crippen molar-refractivity contribution in [3.05, 3.63) is 24.3 Å². The summed E-state index contributed by atoms with van der Waals surface area (Å²) >= 11 is 0. The van der Waals surface area contributed by atoms with Gasteiger partial charge in [-0.25, -0.2) is 0 Å². The predicted molar refractivity (Wildman–Crippen MR) is 87.4 cm³/mol. The standard InChI is InChI=1S/C16H21N5O/c1-22-14-8-6-13(7-9-14)19-20-15(12-17)16(18)21-10-4-2-3-5-11-21/h6-9,18-19H,2-5,10-11H2,1H3. The molecule has 6 heteroatoms. The molecular weight excluding hydrogens is 278 g/mol. The van der Waals surface area contributed by atoms with Gasteiger partial charge in [-0.1, -0.05) is 12.8 Å². The highest BCUT2D eigenvalue weighted by Gasteiger charge is 2.17. The second-order valence-corrected chi connectivity index (χ2v) is 5.16. The van der Waals surface area contributed by atoms with E-state index in [1.54, 1.807) is 7.11 Å². The molecular formula is C16H21N5O. The molecule has 0 aromatic heterocycles. The van der Waals surface area contributed by atoms with Crippen molar-refractivity contribution in [1.82, 2.24) is 4.90 Å². The number of hydrogen-bond acceptors (Lipinski definition) is 5. The number of nitrogens with zero attached hydrogens (tertiary/aromatic N) is 3. The van der Waals surface area contributed by atoms with Gasteiger partial charge in [0.15, 0.2) is 5.84 Å². The van der Waals surface area contributed by atoms with Crippen LogP contribution in [-0.2, 0) is 0 Å². The van der Waals surface area contributed by atoms with E-state index in [0.717, 1.165) is 37.4 Å². The van der Waals surface area contributed by atoms with Gasteiger partial charge >= 0.3 is 0 Å². The number of likely N-dealkylation sites (tertiary alicyclic amines) is 1. The van der Waals surface area contributed by atoms with Crippen LogP contribution < -0.4 is 10.2 Å². The highest BCUT2D eigenvalue weighted by Crippen LogP contribution is 2.15. The van der Waals surface area contributed by atoms with Gasteiger partial charge in [-0.05, 0) is 37.1 Å². The molecule has 0 saturated carbocycles. The van der Waals surface area contributed by atoms with E-state index in [1.165, 1.54) is 12.8 Å². The molecule has 1 heterocycles. The molecule has 2 N–H and O–H groups in total. The number of benzene rings is 1. The minimum atomic E-state index is 0.109. The average molecular weight is 299 g/mol. The van der Waals surface area contributed by atoms with Crippen LogP contribution in [0.1, 0.15) is 25.7 Å². The molecule has 1 saturated heterocycles. The van der Waals surface area contributed by atoms with Crippen LogP contribution in [0.5, 0.6) is 5.75 Å². The Morgan fingerprint density at radius 2 is 1.86 bits per heavy atom. The lowest BCUT2D eigenvalue weighted by molar-refractivity contribution is 0.415. The topological polar surface area (TPSA) is 84.5 Å². The van der Waals surface area contributed by atoms with Crippen molar-refractivity contribution >= 4 is 17.2 Å². The third-order valence-electron chi connectivity index (χ3n) is 3.64. The highest BCUT2D eigenvalue weighted by atomic mass is 16.5. The number of nitriles is 1. The second kappa shape index (κ2) is 8.03. The summed E-state index contributed by atoms with van der Waals surface area (Å²) in [6, 6.07) is 9.25. The van der Waals surface area contributed by atoms with Crippen LogP contribution in [0.4, 0.5) is 5.69 Å². The molecule has 116 valence electrons. The number of amidine groups is 1. The van der Waals surface area contributed by atoms with Crippen LogP contribution in [0.3, 0.4) is 0 Å². The lowest BCUT2D eigenvalue weighted by Gasteiger charge is -2.21. The summed E-state index contributed by atoms with van der Waals surface area (Å²) in [7, 11) is 1.61. The van der Waals surface area contributed by atoms with Crippen LogP contribution in [-0.4, -0.2) is 36.6 Å². The Morgan fingerprint density at radius 1 is 1.23 bits per heavy atom. The first-order chi connectivity index (χ1) is 10.7. The SMILES string of the molecule is COc1ccc(NN=C(C#N)C(=N)N2CCCCCC2)cc1. The quantitative estimate of drug-likeness (QED) is 0.508. The molecule has 1 aromatic carbocycles. The van der Waals surface area contributed by atoms with Gasteiger partial charge in [-0.15, -0.1) is 0 Å². The third-order valence-corrected chi connectivity index (χ3v) is 3.64. The van der Waals surface area contributed by atoms with Crippen molar-refractivity contribution in [2.24, 2.45) is 5.10 Å². The maximum absolute atomic E-state index is 9.25. The first-order valence-electron chi connectivity index (χ1n) is 7.46. The summed E-state index contributed by atoms with van der Waals surface area (Å²) in [5, 5.41) is 21.5. The Labute approximate surface area is 130 Å². The van der Waals surface area contributed by atoms with E-state index < -0.39 is 0 Å². The predicted octanol–water partition coefficient (Wildman–Crippen LogP) is 2.84. The smallest absolute Gasteiger partial charge is 0.202 e. The molecule has 22 heavy (non-hydrogen) atoms. The summed E-state index contributed by atoms with van der Waals surface area (Å²) in [6.07, 6.45) is 4.50. The molecule has 1 aliphatic heterocycles. The van der Waals surface area contributed by atoms with E-state index in [-0.39, 0.29) is 11.5 Å². The molecule has 1 aromatic rings. The zero-order valence-corrected chi connectivity index (χ0v) is 12.8. The van der Waals surface area contributed by atoms with Gasteiger partial charge in [0.2, 0.25) is 5.71 Å². The molecule has 0 spiro atoms. The molecule has 0 unspecified atom stereocenters. The molecule has 0 atom stereocenters. The van der Waals surface area contributed by atoms with E-state index in [1.807, 2.05) is 35.2 Å². The van der Waals surface area contributed by atoms with Gasteiger partial charge in [0.05, 0.1) is 12.8 Å². The molecule has 0 radical (unpaired) electrons. The molecule has 1 fully saturated rings. The van der Waals surface area contributed by atoms with Gasteiger partial charge < -0.3 is 9.64 Å². The van der Waals surface area contributed by atoms with Crippen molar-refractivity contribution in [3.8, 4) is 11.8 Å². The number of ether oxygens (including phenoxy) is 1. The lowest BCUT2D eigenvalue weighted by atomic mass is 10.2. The minimum Gasteiger partial charge on any atom is -0.497 e. The van der Waals surface area contributed by atoms with E-state index in [2.05, 4.69) is 10.5 Å². The zero-order valence-electron chi connectivity index (χ0n) is 12.8. The molecule has 1 aliphatic rings. The van der Waals surface area contributed by atoms with E-state index >= 15 is 0 Å². The van der Waals surface area contributed by atoms with E-state index in [0.29, 0.717) is 0 Å². The maximum atomic E-state index is 9.25. The van der Waals surface area contributed by atoms with Crippen molar-refractivity contribution < 1.29 is 4.74 Å². The van der Waals surface area contributed by atoms with Crippen LogP contribution in [0.25, 0.3) is 0 Å². The number of methoxy groups -OCH3 is 1. The Balaban J connectivity index is 2.02. The lowest BCUT2D eigenvalue weighted by Crippen LogP contribution is -2.36. The monoisotopic (exact) mass is 299 g/mol. The van der Waals surface area contributed by atoms with E-state index in [4.69, 9.17) is 10.1 Å². The number of hydrogen-bond donors (Lipinski definition) is 2. The summed E-state index contributed by atoms with van der Waals surface area (Å²) in [6.45, 7) is 1.64. The molecule has 2 rings (SSSR count). The largest absolute Gasteiger partial charge is 0.497 e. The van der Waals surface area contributed by atoms with Crippen molar-refractivity contribution in [2.75, 3.05) is 25.6 Å². The fourth-order valence-electron chi connectivity index (χ4n) is 2.36. The van der Waals surface area contributed by atoms with Crippen molar-refractivity contribution in [1.29, 1.82) is 10.7 Å². The first-order valence-corrected chi connectivity index (χ1v) is 7.46. The Hall–Kier alpha value is -2.55. The normalized spacial score (nSPS) is 15.6. The Kier molecular flexibility index (Phi) is 5.78. The number of hydrazone groups is 1. The summed E-state index contributed by atoms with van der Waals surface area (Å²) in [4.78, 5) is 1.94. The van der Waals surface area contributed by atoms with Crippen molar-refractivity contribution in [3.63, 3.8) is 0 Å². The fraction of sp³-hybridized carbons (Fsp3) is 0.438. The Morgan fingerprint density at radius 3 is 2.41 bits per heavy atom. The van der Waals surface area contributed by atoms with Gasteiger partial charge in [0.1, 0.15) is 11.8 Å². The van der Waals surface area contributed by atoms with Crippen molar-refractivity contribution in [2.45, 2.75) is 25.7 Å². The van der Waals surface area contributed by atoms with Gasteiger partial charge in [-0.2, -0.15) is 10.4 Å². The average Bonchev–Trinajstić information content (AvgIpc) is 2.85. The van der Waals surface area contributed by atoms with Crippen LogP contribution >= 0.6 is 0 Å². The highest BCUT2D eigenvalue weighted by molar-refractivity contribution is 6.46.